The minimum atomic E-state index is 0.716. The summed E-state index contributed by atoms with van der Waals surface area (Å²) >= 11 is 6.60. The summed E-state index contributed by atoms with van der Waals surface area (Å²) in [5.74, 6) is 0.885. The fraction of sp³-hybridized carbons (Fsp3) is 0.667. The van der Waals surface area contributed by atoms with Crippen LogP contribution in [0.15, 0.2) is 18.2 Å². The Kier molecular flexibility index (Phi) is 5.07. The zero-order valence-electron chi connectivity index (χ0n) is 13.1. The second-order valence-electron chi connectivity index (χ2n) is 6.48. The van der Waals surface area contributed by atoms with Crippen molar-refractivity contribution >= 4 is 17.3 Å². The zero-order valence-corrected chi connectivity index (χ0v) is 13.8. The first kappa shape index (κ1) is 15.2. The highest BCUT2D eigenvalue weighted by molar-refractivity contribution is 6.33. The summed E-state index contributed by atoms with van der Waals surface area (Å²) in [5, 5.41) is 4.39. The van der Waals surface area contributed by atoms with Gasteiger partial charge in [0.1, 0.15) is 0 Å². The van der Waals surface area contributed by atoms with Crippen molar-refractivity contribution in [1.29, 1.82) is 0 Å². The number of para-hydroxylation sites is 1. The largest absolute Gasteiger partial charge is 0.367 e. The predicted octanol–water partition coefficient (Wildman–Crippen LogP) is 4.61. The van der Waals surface area contributed by atoms with Gasteiger partial charge in [0.2, 0.25) is 0 Å². The Morgan fingerprint density at radius 2 is 2.00 bits per heavy atom. The summed E-state index contributed by atoms with van der Waals surface area (Å²) < 4.78 is 0. The van der Waals surface area contributed by atoms with Crippen LogP contribution in [0, 0.1) is 5.92 Å². The van der Waals surface area contributed by atoms with E-state index in [9.17, 15) is 0 Å². The van der Waals surface area contributed by atoms with Crippen molar-refractivity contribution in [2.75, 3.05) is 18.0 Å². The fourth-order valence-corrected chi connectivity index (χ4v) is 4.49. The second kappa shape index (κ2) is 7.02. The van der Waals surface area contributed by atoms with E-state index in [0.29, 0.717) is 6.04 Å². The van der Waals surface area contributed by atoms with E-state index in [4.69, 9.17) is 11.6 Å². The summed E-state index contributed by atoms with van der Waals surface area (Å²) in [5.41, 5.74) is 2.66. The van der Waals surface area contributed by atoms with Crippen molar-refractivity contribution in [2.45, 2.75) is 58.0 Å². The Bertz CT molecular complexity index is 472. The molecule has 0 bridgehead atoms. The molecule has 2 atom stereocenters. The van der Waals surface area contributed by atoms with E-state index in [1.165, 1.54) is 56.3 Å². The highest BCUT2D eigenvalue weighted by atomic mass is 35.5. The number of halogens is 1. The molecule has 2 nitrogen and oxygen atoms in total. The van der Waals surface area contributed by atoms with Gasteiger partial charge in [-0.3, -0.25) is 0 Å². The van der Waals surface area contributed by atoms with Crippen LogP contribution in [0.1, 0.15) is 51.0 Å². The highest BCUT2D eigenvalue weighted by Gasteiger charge is 2.34. The van der Waals surface area contributed by atoms with Gasteiger partial charge in [-0.2, -0.15) is 0 Å². The van der Waals surface area contributed by atoms with Gasteiger partial charge in [0.25, 0.3) is 0 Å². The maximum absolute atomic E-state index is 6.60. The molecular weight excluding hydrogens is 280 g/mol. The normalized spacial score (nSPS) is 25.7. The molecular formula is C18H27ClN2. The minimum Gasteiger partial charge on any atom is -0.367 e. The minimum absolute atomic E-state index is 0.716. The maximum atomic E-state index is 6.60. The summed E-state index contributed by atoms with van der Waals surface area (Å²) in [6, 6.07) is 7.09. The monoisotopic (exact) mass is 306 g/mol. The number of anilines is 1. The molecule has 116 valence electrons. The molecule has 1 N–H and O–H groups in total. The molecule has 3 rings (SSSR count). The van der Waals surface area contributed by atoms with Crippen LogP contribution in [-0.4, -0.2) is 19.1 Å². The molecule has 1 heterocycles. The van der Waals surface area contributed by atoms with Crippen molar-refractivity contribution in [3.05, 3.63) is 28.8 Å². The molecule has 2 aliphatic rings. The first-order valence-electron chi connectivity index (χ1n) is 8.56. The number of hydrogen-bond acceptors (Lipinski definition) is 2. The van der Waals surface area contributed by atoms with Gasteiger partial charge in [0, 0.05) is 19.1 Å². The molecule has 1 aliphatic carbocycles. The summed E-state index contributed by atoms with van der Waals surface area (Å²) in [6.45, 7) is 5.24. The Morgan fingerprint density at radius 3 is 2.86 bits per heavy atom. The lowest BCUT2D eigenvalue weighted by Gasteiger charge is -2.46. The van der Waals surface area contributed by atoms with E-state index >= 15 is 0 Å². The van der Waals surface area contributed by atoms with Gasteiger partial charge in [-0.25, -0.2) is 0 Å². The number of rotatable bonds is 4. The van der Waals surface area contributed by atoms with E-state index in [1.54, 1.807) is 0 Å². The van der Waals surface area contributed by atoms with Gasteiger partial charge < -0.3 is 10.2 Å². The van der Waals surface area contributed by atoms with E-state index in [2.05, 4.69) is 35.3 Å². The van der Waals surface area contributed by atoms with Crippen molar-refractivity contribution in [1.82, 2.24) is 5.32 Å². The lowest BCUT2D eigenvalue weighted by Crippen LogP contribution is -2.47. The third-order valence-corrected chi connectivity index (χ3v) is 5.47. The molecule has 0 spiro atoms. The van der Waals surface area contributed by atoms with Crippen molar-refractivity contribution in [3.63, 3.8) is 0 Å². The number of benzene rings is 1. The van der Waals surface area contributed by atoms with Crippen LogP contribution >= 0.6 is 11.6 Å². The Balaban J connectivity index is 1.90. The maximum Gasteiger partial charge on any atom is 0.0643 e. The van der Waals surface area contributed by atoms with E-state index < -0.39 is 0 Å². The molecule has 1 saturated heterocycles. The van der Waals surface area contributed by atoms with Crippen LogP contribution < -0.4 is 10.2 Å². The fourth-order valence-electron chi connectivity index (χ4n) is 4.19. The lowest BCUT2D eigenvalue weighted by molar-refractivity contribution is 0.243. The Hall–Kier alpha value is -0.730. The average Bonchev–Trinajstić information content (AvgIpc) is 2.52. The quantitative estimate of drug-likeness (QED) is 0.874. The van der Waals surface area contributed by atoms with Gasteiger partial charge in [0.15, 0.2) is 0 Å². The van der Waals surface area contributed by atoms with Gasteiger partial charge in [0.05, 0.1) is 10.7 Å². The Morgan fingerprint density at radius 1 is 1.19 bits per heavy atom. The number of nitrogens with one attached hydrogen (secondary N) is 1. The summed E-state index contributed by atoms with van der Waals surface area (Å²) in [4.78, 5) is 2.64. The SMILES string of the molecule is CCNCc1cccc(Cl)c1N1CCC[C@H]2CCCC[C@H]21. The number of piperidine rings is 1. The van der Waals surface area contributed by atoms with E-state index in [1.807, 2.05) is 0 Å². The van der Waals surface area contributed by atoms with Crippen LogP contribution in [0.4, 0.5) is 5.69 Å². The van der Waals surface area contributed by atoms with Gasteiger partial charge >= 0.3 is 0 Å². The topological polar surface area (TPSA) is 15.3 Å². The molecule has 3 heteroatoms. The van der Waals surface area contributed by atoms with Crippen molar-refractivity contribution in [3.8, 4) is 0 Å². The molecule has 0 aromatic heterocycles. The molecule has 0 unspecified atom stereocenters. The lowest BCUT2D eigenvalue weighted by atomic mass is 9.78. The number of nitrogens with zero attached hydrogens (tertiary/aromatic N) is 1. The van der Waals surface area contributed by atoms with Crippen molar-refractivity contribution in [2.24, 2.45) is 5.92 Å². The summed E-state index contributed by atoms with van der Waals surface area (Å²) in [6.07, 6.45) is 8.28. The van der Waals surface area contributed by atoms with Crippen LogP contribution in [0.2, 0.25) is 5.02 Å². The molecule has 1 saturated carbocycles. The standard InChI is InChI=1S/C18H27ClN2/c1-2-20-13-15-8-5-10-16(19)18(15)21-12-6-9-14-7-3-4-11-17(14)21/h5,8,10,14,17,20H,2-4,6-7,9,11-13H2,1H3/t14-,17-/m1/s1. The molecule has 1 aliphatic heterocycles. The van der Waals surface area contributed by atoms with Crippen LogP contribution in [-0.2, 0) is 6.54 Å². The summed E-state index contributed by atoms with van der Waals surface area (Å²) in [7, 11) is 0. The third kappa shape index (κ3) is 3.22. The van der Waals surface area contributed by atoms with Crippen LogP contribution in [0.25, 0.3) is 0 Å². The first-order chi connectivity index (χ1) is 10.3. The second-order valence-corrected chi connectivity index (χ2v) is 6.88. The van der Waals surface area contributed by atoms with Gasteiger partial charge in [-0.05, 0) is 49.8 Å². The third-order valence-electron chi connectivity index (χ3n) is 5.17. The number of hydrogen-bond donors (Lipinski definition) is 1. The average molecular weight is 307 g/mol. The Labute approximate surface area is 133 Å². The van der Waals surface area contributed by atoms with E-state index in [0.717, 1.165) is 24.0 Å². The molecule has 1 aromatic rings. The molecule has 2 fully saturated rings. The smallest absolute Gasteiger partial charge is 0.0643 e. The molecule has 0 radical (unpaired) electrons. The number of fused-ring (bicyclic) bond motifs is 1. The van der Waals surface area contributed by atoms with Crippen LogP contribution in [0.5, 0.6) is 0 Å². The molecule has 0 amide bonds. The zero-order chi connectivity index (χ0) is 14.7. The van der Waals surface area contributed by atoms with Gasteiger partial charge in [-0.15, -0.1) is 0 Å². The predicted molar refractivity (Wildman–Crippen MR) is 91.2 cm³/mol. The molecule has 1 aromatic carbocycles. The van der Waals surface area contributed by atoms with Gasteiger partial charge in [-0.1, -0.05) is 43.5 Å². The molecule has 21 heavy (non-hydrogen) atoms. The van der Waals surface area contributed by atoms with Crippen molar-refractivity contribution < 1.29 is 0 Å². The highest BCUT2D eigenvalue weighted by Crippen LogP contribution is 2.41. The van der Waals surface area contributed by atoms with E-state index in [-0.39, 0.29) is 0 Å². The van der Waals surface area contributed by atoms with Crippen LogP contribution in [0.3, 0.4) is 0 Å². The first-order valence-corrected chi connectivity index (χ1v) is 8.93.